The second-order valence-corrected chi connectivity index (χ2v) is 8.31. The molecule has 1 amide bonds. The Bertz CT molecular complexity index is 435. The molecule has 2 atom stereocenters. The zero-order valence-corrected chi connectivity index (χ0v) is 15.9. The molecule has 0 saturated carbocycles. The number of likely N-dealkylation sites (tertiary alicyclic amines) is 1. The van der Waals surface area contributed by atoms with Crippen LogP contribution in [0, 0.1) is 11.3 Å². The number of morpholine rings is 1. The number of hydrogen-bond donors (Lipinski definition) is 1. The van der Waals surface area contributed by atoms with Gasteiger partial charge in [0.15, 0.2) is 0 Å². The summed E-state index contributed by atoms with van der Waals surface area (Å²) < 4.78 is 11.3. The summed E-state index contributed by atoms with van der Waals surface area (Å²) in [7, 11) is 0. The molecule has 2 N–H and O–H groups in total. The van der Waals surface area contributed by atoms with Crippen molar-refractivity contribution in [1.29, 1.82) is 0 Å². The van der Waals surface area contributed by atoms with E-state index in [1.807, 2.05) is 0 Å². The summed E-state index contributed by atoms with van der Waals surface area (Å²) >= 11 is 0. The van der Waals surface area contributed by atoms with Crippen molar-refractivity contribution >= 4 is 5.91 Å². The molecule has 144 valence electrons. The Kier molecular flexibility index (Phi) is 6.36. The van der Waals surface area contributed by atoms with Crippen LogP contribution in [0.4, 0.5) is 0 Å². The van der Waals surface area contributed by atoms with Crippen LogP contribution >= 0.6 is 0 Å². The summed E-state index contributed by atoms with van der Waals surface area (Å²) in [6.45, 7) is 11.0. The number of nitrogens with two attached hydrogens (primary N) is 1. The molecule has 0 bridgehead atoms. The molecule has 3 fully saturated rings. The Balaban J connectivity index is 1.49. The lowest BCUT2D eigenvalue weighted by molar-refractivity contribution is -0.148. The first-order valence-corrected chi connectivity index (χ1v) is 9.97. The molecule has 3 saturated heterocycles. The van der Waals surface area contributed by atoms with Gasteiger partial charge >= 0.3 is 0 Å². The van der Waals surface area contributed by atoms with Crippen molar-refractivity contribution < 1.29 is 14.3 Å². The molecule has 0 aliphatic carbocycles. The average Bonchev–Trinajstić information content (AvgIpc) is 2.61. The number of nitrogens with zero attached hydrogens (tertiary/aromatic N) is 2. The highest BCUT2D eigenvalue weighted by molar-refractivity contribution is 5.83. The number of hydrogen-bond acceptors (Lipinski definition) is 5. The third kappa shape index (κ3) is 4.54. The molecule has 2 unspecified atom stereocenters. The van der Waals surface area contributed by atoms with Gasteiger partial charge in [-0.2, -0.15) is 0 Å². The third-order valence-electron chi connectivity index (χ3n) is 6.21. The predicted molar refractivity (Wildman–Crippen MR) is 97.3 cm³/mol. The molecule has 0 aromatic heterocycles. The fourth-order valence-electron chi connectivity index (χ4n) is 4.72. The second kappa shape index (κ2) is 8.33. The Morgan fingerprint density at radius 2 is 1.72 bits per heavy atom. The molecule has 6 heteroatoms. The SMILES string of the molecule is CC1CN(CC2CCN(C(=O)C3(CN)CCOCC3)CC2)CC(C)O1. The number of carbonyl (C=O) groups is 1. The smallest absolute Gasteiger partial charge is 0.230 e. The summed E-state index contributed by atoms with van der Waals surface area (Å²) in [5.41, 5.74) is 5.63. The number of piperidine rings is 1. The second-order valence-electron chi connectivity index (χ2n) is 8.31. The fourth-order valence-corrected chi connectivity index (χ4v) is 4.72. The van der Waals surface area contributed by atoms with E-state index in [0.29, 0.717) is 37.9 Å². The molecule has 3 aliphatic rings. The van der Waals surface area contributed by atoms with Crippen LogP contribution in [0.1, 0.15) is 39.5 Å². The third-order valence-corrected chi connectivity index (χ3v) is 6.21. The van der Waals surface area contributed by atoms with Crippen molar-refractivity contribution in [1.82, 2.24) is 9.80 Å². The van der Waals surface area contributed by atoms with Crippen LogP contribution in [0.5, 0.6) is 0 Å². The molecule has 0 spiro atoms. The van der Waals surface area contributed by atoms with E-state index in [4.69, 9.17) is 15.2 Å². The fraction of sp³-hybridized carbons (Fsp3) is 0.947. The van der Waals surface area contributed by atoms with Gasteiger partial charge in [0.05, 0.1) is 17.6 Å². The quantitative estimate of drug-likeness (QED) is 0.819. The molecule has 3 aliphatic heterocycles. The number of rotatable bonds is 4. The van der Waals surface area contributed by atoms with E-state index in [0.717, 1.165) is 58.4 Å². The van der Waals surface area contributed by atoms with Crippen LogP contribution in [0.15, 0.2) is 0 Å². The van der Waals surface area contributed by atoms with Crippen molar-refractivity contribution in [3.8, 4) is 0 Å². The highest BCUT2D eigenvalue weighted by Gasteiger charge is 2.42. The number of carbonyl (C=O) groups excluding carboxylic acids is 1. The van der Waals surface area contributed by atoms with Gasteiger partial charge in [0, 0.05) is 52.5 Å². The van der Waals surface area contributed by atoms with Gasteiger partial charge in [-0.05, 0) is 45.4 Å². The van der Waals surface area contributed by atoms with Gasteiger partial charge in [0.2, 0.25) is 5.91 Å². The Labute approximate surface area is 152 Å². The van der Waals surface area contributed by atoms with Gasteiger partial charge in [0.25, 0.3) is 0 Å². The van der Waals surface area contributed by atoms with Gasteiger partial charge in [0.1, 0.15) is 0 Å². The minimum atomic E-state index is -0.375. The Morgan fingerprint density at radius 3 is 2.28 bits per heavy atom. The maximum atomic E-state index is 13.1. The normalized spacial score (nSPS) is 31.9. The van der Waals surface area contributed by atoms with Gasteiger partial charge in [-0.25, -0.2) is 0 Å². The van der Waals surface area contributed by atoms with Crippen molar-refractivity contribution in [2.75, 3.05) is 52.5 Å². The summed E-state index contributed by atoms with van der Waals surface area (Å²) in [6.07, 6.45) is 4.38. The van der Waals surface area contributed by atoms with Gasteiger partial charge in [-0.15, -0.1) is 0 Å². The maximum absolute atomic E-state index is 13.1. The number of ether oxygens (including phenoxy) is 2. The standard InChI is InChI=1S/C19H35N3O3/c1-15-11-21(12-16(2)25-15)13-17-3-7-22(8-4-17)18(23)19(14-20)5-9-24-10-6-19/h15-17H,3-14,20H2,1-2H3. The first kappa shape index (κ1) is 19.1. The summed E-state index contributed by atoms with van der Waals surface area (Å²) in [4.78, 5) is 17.7. The largest absolute Gasteiger partial charge is 0.381 e. The van der Waals surface area contributed by atoms with Crippen LogP contribution < -0.4 is 5.73 Å². The molecular formula is C19H35N3O3. The molecule has 0 aromatic carbocycles. The maximum Gasteiger partial charge on any atom is 0.230 e. The lowest BCUT2D eigenvalue weighted by atomic mass is 9.78. The van der Waals surface area contributed by atoms with Crippen molar-refractivity contribution in [2.24, 2.45) is 17.1 Å². The van der Waals surface area contributed by atoms with E-state index >= 15 is 0 Å². The molecule has 0 radical (unpaired) electrons. The molecule has 0 aromatic rings. The van der Waals surface area contributed by atoms with Crippen LogP contribution in [-0.4, -0.2) is 80.4 Å². The molecule has 25 heavy (non-hydrogen) atoms. The van der Waals surface area contributed by atoms with Crippen molar-refractivity contribution in [3.05, 3.63) is 0 Å². The Hall–Kier alpha value is -0.690. The van der Waals surface area contributed by atoms with Crippen molar-refractivity contribution in [2.45, 2.75) is 51.7 Å². The Morgan fingerprint density at radius 1 is 1.12 bits per heavy atom. The first-order valence-electron chi connectivity index (χ1n) is 9.97. The summed E-state index contributed by atoms with van der Waals surface area (Å²) in [5.74, 6) is 0.954. The molecule has 3 heterocycles. The van der Waals surface area contributed by atoms with E-state index in [9.17, 15) is 4.79 Å². The number of amides is 1. The van der Waals surface area contributed by atoms with Gasteiger partial charge in [-0.3, -0.25) is 9.69 Å². The zero-order valence-electron chi connectivity index (χ0n) is 15.9. The van der Waals surface area contributed by atoms with Crippen LogP contribution in [0.25, 0.3) is 0 Å². The lowest BCUT2D eigenvalue weighted by Gasteiger charge is -2.43. The highest BCUT2D eigenvalue weighted by Crippen LogP contribution is 2.33. The van der Waals surface area contributed by atoms with Crippen molar-refractivity contribution in [3.63, 3.8) is 0 Å². The first-order chi connectivity index (χ1) is 12.0. The van der Waals surface area contributed by atoms with Gasteiger partial charge < -0.3 is 20.1 Å². The molecular weight excluding hydrogens is 318 g/mol. The van der Waals surface area contributed by atoms with E-state index < -0.39 is 0 Å². The highest BCUT2D eigenvalue weighted by atomic mass is 16.5. The predicted octanol–water partition coefficient (Wildman–Crippen LogP) is 1.09. The monoisotopic (exact) mass is 353 g/mol. The van der Waals surface area contributed by atoms with E-state index in [1.54, 1.807) is 0 Å². The van der Waals surface area contributed by atoms with E-state index in [1.165, 1.54) is 0 Å². The lowest BCUT2D eigenvalue weighted by Crippen LogP contribution is -2.53. The van der Waals surface area contributed by atoms with E-state index in [2.05, 4.69) is 23.6 Å². The van der Waals surface area contributed by atoms with E-state index in [-0.39, 0.29) is 11.3 Å². The average molecular weight is 354 g/mol. The molecule has 3 rings (SSSR count). The summed E-state index contributed by atoms with van der Waals surface area (Å²) in [5, 5.41) is 0. The molecule has 6 nitrogen and oxygen atoms in total. The summed E-state index contributed by atoms with van der Waals surface area (Å²) in [6, 6.07) is 0. The minimum Gasteiger partial charge on any atom is -0.381 e. The zero-order chi connectivity index (χ0) is 17.9. The topological polar surface area (TPSA) is 68.0 Å². The minimum absolute atomic E-state index is 0.269. The van der Waals surface area contributed by atoms with Gasteiger partial charge in [-0.1, -0.05) is 0 Å². The van der Waals surface area contributed by atoms with Crippen LogP contribution in [-0.2, 0) is 14.3 Å². The van der Waals surface area contributed by atoms with Crippen LogP contribution in [0.2, 0.25) is 0 Å². The van der Waals surface area contributed by atoms with Crippen LogP contribution in [0.3, 0.4) is 0 Å².